The molecule has 1 atom stereocenters. The van der Waals surface area contributed by atoms with Crippen molar-refractivity contribution < 1.29 is 9.84 Å². The van der Waals surface area contributed by atoms with Crippen molar-refractivity contribution >= 4 is 0 Å². The Labute approximate surface area is 120 Å². The number of rotatable bonds is 4. The van der Waals surface area contributed by atoms with Crippen LogP contribution in [0.5, 0.6) is 11.5 Å². The minimum absolute atomic E-state index is 0.101. The maximum Gasteiger partial charge on any atom is 0.160 e. The summed E-state index contributed by atoms with van der Waals surface area (Å²) in [6, 6.07) is 7.19. The van der Waals surface area contributed by atoms with Crippen LogP contribution in [0.4, 0.5) is 0 Å². The van der Waals surface area contributed by atoms with Crippen LogP contribution in [0.15, 0.2) is 18.2 Å². The molecule has 1 unspecified atom stereocenters. The minimum atomic E-state index is -0.288. The third-order valence-electron chi connectivity index (χ3n) is 3.86. The van der Waals surface area contributed by atoms with Crippen molar-refractivity contribution in [1.82, 2.24) is 9.80 Å². The summed E-state index contributed by atoms with van der Waals surface area (Å²) in [6.07, 6.45) is 0. The fourth-order valence-electron chi connectivity index (χ4n) is 2.57. The summed E-state index contributed by atoms with van der Waals surface area (Å²) >= 11 is 0. The van der Waals surface area contributed by atoms with Crippen LogP contribution < -0.4 is 4.74 Å². The van der Waals surface area contributed by atoms with E-state index >= 15 is 0 Å². The number of nitrogens with zero attached hydrogens (tertiary/aromatic N) is 3. The molecule has 0 amide bonds. The number of phenols is 1. The fourth-order valence-corrected chi connectivity index (χ4v) is 2.57. The Kier molecular flexibility index (Phi) is 4.83. The SMILES string of the molecule is CCN1CCN(C(C#N)c2ccc(O)c(OC)c2)CC1. The van der Waals surface area contributed by atoms with E-state index in [9.17, 15) is 10.4 Å². The smallest absolute Gasteiger partial charge is 0.160 e. The van der Waals surface area contributed by atoms with E-state index in [-0.39, 0.29) is 11.8 Å². The van der Waals surface area contributed by atoms with Gasteiger partial charge in [0.05, 0.1) is 13.2 Å². The summed E-state index contributed by atoms with van der Waals surface area (Å²) in [5.41, 5.74) is 0.868. The molecular weight excluding hydrogens is 254 g/mol. The zero-order valence-electron chi connectivity index (χ0n) is 12.0. The average molecular weight is 275 g/mol. The Bertz CT molecular complexity index is 490. The van der Waals surface area contributed by atoms with Crippen LogP contribution >= 0.6 is 0 Å². The van der Waals surface area contributed by atoms with E-state index < -0.39 is 0 Å². The van der Waals surface area contributed by atoms with Gasteiger partial charge in [0.1, 0.15) is 6.04 Å². The van der Waals surface area contributed by atoms with Crippen LogP contribution in [0.1, 0.15) is 18.5 Å². The highest BCUT2D eigenvalue weighted by atomic mass is 16.5. The summed E-state index contributed by atoms with van der Waals surface area (Å²) in [7, 11) is 1.51. The lowest BCUT2D eigenvalue weighted by Crippen LogP contribution is -2.47. The molecule has 1 saturated heterocycles. The number of piperazine rings is 1. The van der Waals surface area contributed by atoms with Gasteiger partial charge in [0, 0.05) is 26.2 Å². The van der Waals surface area contributed by atoms with Crippen LogP contribution in [0, 0.1) is 11.3 Å². The van der Waals surface area contributed by atoms with Gasteiger partial charge >= 0.3 is 0 Å². The second kappa shape index (κ2) is 6.60. The van der Waals surface area contributed by atoms with Crippen LogP contribution in [0.2, 0.25) is 0 Å². The van der Waals surface area contributed by atoms with Crippen molar-refractivity contribution in [2.24, 2.45) is 0 Å². The molecule has 5 nitrogen and oxygen atoms in total. The number of nitriles is 1. The van der Waals surface area contributed by atoms with Crippen molar-refractivity contribution in [3.63, 3.8) is 0 Å². The molecule has 108 valence electrons. The Hall–Kier alpha value is -1.77. The monoisotopic (exact) mass is 275 g/mol. The summed E-state index contributed by atoms with van der Waals surface area (Å²) in [4.78, 5) is 4.56. The highest BCUT2D eigenvalue weighted by molar-refractivity contribution is 5.43. The molecule has 0 aromatic heterocycles. The molecule has 5 heteroatoms. The molecule has 1 aliphatic heterocycles. The average Bonchev–Trinajstić information content (AvgIpc) is 2.50. The van der Waals surface area contributed by atoms with Gasteiger partial charge in [-0.3, -0.25) is 4.90 Å². The van der Waals surface area contributed by atoms with E-state index in [2.05, 4.69) is 22.8 Å². The number of likely N-dealkylation sites (N-methyl/N-ethyl adjacent to an activating group) is 1. The van der Waals surface area contributed by atoms with E-state index in [0.29, 0.717) is 5.75 Å². The third kappa shape index (κ3) is 3.03. The topological polar surface area (TPSA) is 59.7 Å². The molecular formula is C15H21N3O2. The van der Waals surface area contributed by atoms with Crippen LogP contribution in [-0.4, -0.2) is 54.7 Å². The first kappa shape index (κ1) is 14.6. The van der Waals surface area contributed by atoms with E-state index in [1.807, 2.05) is 0 Å². The number of benzene rings is 1. The first-order valence-corrected chi connectivity index (χ1v) is 6.92. The highest BCUT2D eigenvalue weighted by Crippen LogP contribution is 2.31. The lowest BCUT2D eigenvalue weighted by molar-refractivity contribution is 0.118. The van der Waals surface area contributed by atoms with Gasteiger partial charge in [-0.05, 0) is 24.2 Å². The summed E-state index contributed by atoms with van der Waals surface area (Å²) in [5, 5.41) is 19.1. The molecule has 0 spiro atoms. The Morgan fingerprint density at radius 2 is 2.05 bits per heavy atom. The number of ether oxygens (including phenoxy) is 1. The van der Waals surface area contributed by atoms with Gasteiger partial charge in [0.15, 0.2) is 11.5 Å². The zero-order chi connectivity index (χ0) is 14.5. The van der Waals surface area contributed by atoms with Crippen molar-refractivity contribution in [3.8, 4) is 17.6 Å². The molecule has 2 rings (SSSR count). The van der Waals surface area contributed by atoms with Crippen molar-refractivity contribution in [1.29, 1.82) is 5.26 Å². The van der Waals surface area contributed by atoms with Gasteiger partial charge < -0.3 is 14.7 Å². The zero-order valence-corrected chi connectivity index (χ0v) is 12.0. The normalized spacial score (nSPS) is 18.4. The first-order chi connectivity index (χ1) is 9.69. The Morgan fingerprint density at radius 3 is 2.60 bits per heavy atom. The predicted molar refractivity (Wildman–Crippen MR) is 76.7 cm³/mol. The minimum Gasteiger partial charge on any atom is -0.504 e. The van der Waals surface area contributed by atoms with Gasteiger partial charge in [-0.25, -0.2) is 0 Å². The molecule has 1 N–H and O–H groups in total. The summed E-state index contributed by atoms with van der Waals surface area (Å²) in [5.74, 6) is 0.513. The van der Waals surface area contributed by atoms with Crippen LogP contribution in [0.25, 0.3) is 0 Å². The molecule has 0 radical (unpaired) electrons. The summed E-state index contributed by atoms with van der Waals surface area (Å²) < 4.78 is 5.12. The molecule has 0 saturated carbocycles. The lowest BCUT2D eigenvalue weighted by atomic mass is 10.0. The van der Waals surface area contributed by atoms with E-state index in [4.69, 9.17) is 4.74 Å². The lowest BCUT2D eigenvalue weighted by Gasteiger charge is -2.36. The van der Waals surface area contributed by atoms with Gasteiger partial charge in [-0.1, -0.05) is 13.0 Å². The van der Waals surface area contributed by atoms with E-state index in [1.54, 1.807) is 18.2 Å². The standard InChI is InChI=1S/C15H21N3O2/c1-3-17-6-8-18(9-7-17)13(11-16)12-4-5-14(19)15(10-12)20-2/h4-5,10,13,19H,3,6-9H2,1-2H3. The number of hydrogen-bond donors (Lipinski definition) is 1. The predicted octanol–water partition coefficient (Wildman–Crippen LogP) is 1.60. The molecule has 0 bridgehead atoms. The van der Waals surface area contributed by atoms with E-state index in [0.717, 1.165) is 38.3 Å². The number of aromatic hydroxyl groups is 1. The number of methoxy groups -OCH3 is 1. The molecule has 1 aliphatic rings. The van der Waals surface area contributed by atoms with Crippen molar-refractivity contribution in [2.75, 3.05) is 39.8 Å². The van der Waals surface area contributed by atoms with Gasteiger partial charge in [-0.15, -0.1) is 0 Å². The molecule has 1 aromatic rings. The van der Waals surface area contributed by atoms with Crippen LogP contribution in [0.3, 0.4) is 0 Å². The fraction of sp³-hybridized carbons (Fsp3) is 0.533. The molecule has 1 heterocycles. The molecule has 1 aromatic carbocycles. The van der Waals surface area contributed by atoms with Gasteiger partial charge in [0.2, 0.25) is 0 Å². The highest BCUT2D eigenvalue weighted by Gasteiger charge is 2.25. The molecule has 0 aliphatic carbocycles. The Balaban J connectivity index is 2.15. The molecule has 20 heavy (non-hydrogen) atoms. The quantitative estimate of drug-likeness (QED) is 0.904. The maximum atomic E-state index is 9.64. The number of hydrogen-bond acceptors (Lipinski definition) is 5. The summed E-state index contributed by atoms with van der Waals surface area (Å²) in [6.45, 7) is 6.96. The largest absolute Gasteiger partial charge is 0.504 e. The third-order valence-corrected chi connectivity index (χ3v) is 3.86. The first-order valence-electron chi connectivity index (χ1n) is 6.92. The second-order valence-electron chi connectivity index (χ2n) is 4.93. The van der Waals surface area contributed by atoms with Gasteiger partial charge in [0.25, 0.3) is 0 Å². The van der Waals surface area contributed by atoms with Crippen LogP contribution in [-0.2, 0) is 0 Å². The number of phenolic OH excluding ortho intramolecular Hbond substituents is 1. The van der Waals surface area contributed by atoms with Crippen molar-refractivity contribution in [2.45, 2.75) is 13.0 Å². The molecule has 1 fully saturated rings. The van der Waals surface area contributed by atoms with E-state index in [1.165, 1.54) is 7.11 Å². The second-order valence-corrected chi connectivity index (χ2v) is 4.93. The van der Waals surface area contributed by atoms with Crippen molar-refractivity contribution in [3.05, 3.63) is 23.8 Å². The maximum absolute atomic E-state index is 9.64. The van der Waals surface area contributed by atoms with Gasteiger partial charge in [-0.2, -0.15) is 5.26 Å². The Morgan fingerprint density at radius 1 is 1.35 bits per heavy atom.